The Labute approximate surface area is 294 Å². The van der Waals surface area contributed by atoms with Crippen LogP contribution in [-0.4, -0.2) is 49.9 Å². The molecule has 0 fully saturated rings. The average molecular weight is 758 g/mol. The van der Waals surface area contributed by atoms with Crippen molar-refractivity contribution in [3.63, 3.8) is 0 Å². The molecule has 0 bridgehead atoms. The first-order valence-electron chi connectivity index (χ1n) is 14.1. The molecule has 0 radical (unpaired) electrons. The lowest BCUT2D eigenvalue weighted by atomic mass is 10.1. The SMILES string of the molecule is CCCCCCCCCCCC[N+](C)(C)CC(OC(=O)c1cc(Cl)c(Cl)c(Cl)c1Cl)OC(=O)c1cc(Cl)c(Cl)c(Cl)c1Cl. The van der Waals surface area contributed by atoms with Gasteiger partial charge in [-0.2, -0.15) is 0 Å². The maximum atomic E-state index is 13.2. The van der Waals surface area contributed by atoms with Crippen LogP contribution in [0.2, 0.25) is 40.2 Å². The molecular weight excluding hydrogens is 722 g/mol. The van der Waals surface area contributed by atoms with Gasteiger partial charge in [0.2, 0.25) is 0 Å². The van der Waals surface area contributed by atoms with E-state index in [0.717, 1.165) is 25.8 Å². The molecule has 0 aliphatic rings. The molecule has 0 atom stereocenters. The molecule has 0 aromatic heterocycles. The van der Waals surface area contributed by atoms with E-state index in [1.807, 2.05) is 14.1 Å². The van der Waals surface area contributed by atoms with Crippen LogP contribution in [0.3, 0.4) is 0 Å². The highest BCUT2D eigenvalue weighted by atomic mass is 35.5. The van der Waals surface area contributed by atoms with Crippen molar-refractivity contribution in [2.75, 3.05) is 27.2 Å². The lowest BCUT2D eigenvalue weighted by molar-refractivity contribution is -0.895. The topological polar surface area (TPSA) is 52.6 Å². The summed E-state index contributed by atoms with van der Waals surface area (Å²) in [7, 11) is 3.91. The molecule has 0 saturated heterocycles. The summed E-state index contributed by atoms with van der Waals surface area (Å²) in [6.45, 7) is 3.09. The van der Waals surface area contributed by atoms with Crippen molar-refractivity contribution < 1.29 is 23.5 Å². The molecule has 0 spiro atoms. The Balaban J connectivity index is 2.14. The van der Waals surface area contributed by atoms with E-state index >= 15 is 0 Å². The van der Waals surface area contributed by atoms with E-state index in [1.54, 1.807) is 0 Å². The van der Waals surface area contributed by atoms with Gasteiger partial charge in [0.25, 0.3) is 6.29 Å². The number of benzene rings is 2. The summed E-state index contributed by atoms with van der Waals surface area (Å²) >= 11 is 49.1. The Kier molecular flexibility index (Phi) is 16.9. The van der Waals surface area contributed by atoms with Crippen LogP contribution in [0.25, 0.3) is 0 Å². The highest BCUT2D eigenvalue weighted by Crippen LogP contribution is 2.40. The van der Waals surface area contributed by atoms with E-state index < -0.39 is 18.2 Å². The van der Waals surface area contributed by atoms with Crippen molar-refractivity contribution in [1.82, 2.24) is 0 Å². The Morgan fingerprint density at radius 3 is 1.37 bits per heavy atom. The maximum absolute atomic E-state index is 13.2. The molecule has 2 aromatic rings. The second-order valence-corrected chi connectivity index (χ2v) is 14.0. The average Bonchev–Trinajstić information content (AvgIpc) is 2.95. The predicted molar refractivity (Wildman–Crippen MR) is 181 cm³/mol. The van der Waals surface area contributed by atoms with E-state index in [1.165, 1.54) is 57.1 Å². The Morgan fingerprint density at radius 2 is 0.977 bits per heavy atom. The zero-order valence-corrected chi connectivity index (χ0v) is 30.4. The molecule has 2 aromatic carbocycles. The summed E-state index contributed by atoms with van der Waals surface area (Å²) in [6, 6.07) is 2.47. The summed E-state index contributed by atoms with van der Waals surface area (Å²) in [5.41, 5.74) is -0.282. The minimum atomic E-state index is -1.35. The van der Waals surface area contributed by atoms with Crippen LogP contribution >= 0.6 is 92.8 Å². The zero-order valence-electron chi connectivity index (χ0n) is 24.3. The molecule has 0 aliphatic heterocycles. The number of ether oxygens (including phenoxy) is 2. The van der Waals surface area contributed by atoms with Gasteiger partial charge >= 0.3 is 11.9 Å². The highest BCUT2D eigenvalue weighted by Gasteiger charge is 2.32. The van der Waals surface area contributed by atoms with Crippen molar-refractivity contribution in [2.45, 2.75) is 77.4 Å². The molecule has 0 aliphatic carbocycles. The van der Waals surface area contributed by atoms with E-state index in [9.17, 15) is 9.59 Å². The number of hydrogen-bond acceptors (Lipinski definition) is 4. The number of hydrogen-bond donors (Lipinski definition) is 0. The van der Waals surface area contributed by atoms with E-state index in [-0.39, 0.29) is 57.9 Å². The van der Waals surface area contributed by atoms with Crippen LogP contribution in [-0.2, 0) is 9.47 Å². The number of rotatable bonds is 17. The summed E-state index contributed by atoms with van der Waals surface area (Å²) in [5.74, 6) is -1.83. The lowest BCUT2D eigenvalue weighted by Gasteiger charge is -2.33. The predicted octanol–water partition coefficient (Wildman–Crippen LogP) is 12.3. The summed E-state index contributed by atoms with van der Waals surface area (Å²) < 4.78 is 11.7. The molecule has 43 heavy (non-hydrogen) atoms. The number of quaternary nitrogens is 1. The van der Waals surface area contributed by atoms with Gasteiger partial charge in [-0.3, -0.25) is 0 Å². The van der Waals surface area contributed by atoms with E-state index in [4.69, 9.17) is 102 Å². The van der Waals surface area contributed by atoms with Gasteiger partial charge in [-0.1, -0.05) is 151 Å². The molecular formula is C30H36Cl8NO4+. The molecule has 0 heterocycles. The molecule has 0 unspecified atom stereocenters. The Hall–Kier alpha value is -0.340. The van der Waals surface area contributed by atoms with Crippen molar-refractivity contribution in [1.29, 1.82) is 0 Å². The van der Waals surface area contributed by atoms with Gasteiger partial charge in [0, 0.05) is 0 Å². The van der Waals surface area contributed by atoms with Crippen LogP contribution in [0.4, 0.5) is 0 Å². The third-order valence-electron chi connectivity index (χ3n) is 6.88. The summed E-state index contributed by atoms with van der Waals surface area (Å²) in [5, 5.41) is -0.510. The monoisotopic (exact) mass is 754 g/mol. The van der Waals surface area contributed by atoms with Crippen LogP contribution in [0.15, 0.2) is 12.1 Å². The number of carbonyl (C=O) groups excluding carboxylic acids is 2. The second-order valence-electron chi connectivity index (χ2n) is 11.0. The highest BCUT2D eigenvalue weighted by molar-refractivity contribution is 6.53. The standard InChI is InChI=1S/C30H36Cl8NO4/c1-4-5-6-7-8-9-10-11-12-13-14-39(2,3)17-22(42-29(40)18-15-20(31)25(35)27(37)23(18)33)43-30(41)19-16-21(32)26(36)28(38)24(19)34/h15-16,22H,4-14,17H2,1-3H3/q+1. The minimum absolute atomic E-state index is 0.00543. The van der Waals surface area contributed by atoms with Gasteiger partial charge in [0.05, 0.1) is 71.9 Å². The lowest BCUT2D eigenvalue weighted by Crippen LogP contribution is -2.48. The van der Waals surface area contributed by atoms with Crippen LogP contribution in [0, 0.1) is 0 Å². The van der Waals surface area contributed by atoms with Crippen molar-refractivity contribution >= 4 is 105 Å². The number of nitrogens with zero attached hydrogens (tertiary/aromatic N) is 1. The molecule has 13 heteroatoms. The van der Waals surface area contributed by atoms with Gasteiger partial charge in [0.1, 0.15) is 0 Å². The molecule has 5 nitrogen and oxygen atoms in total. The number of carbonyl (C=O) groups is 2. The number of likely N-dealkylation sites (N-methyl/N-ethyl adjacent to an activating group) is 1. The zero-order chi connectivity index (χ0) is 32.3. The van der Waals surface area contributed by atoms with Crippen molar-refractivity contribution in [3.05, 3.63) is 63.4 Å². The van der Waals surface area contributed by atoms with Gasteiger partial charge in [-0.15, -0.1) is 0 Å². The maximum Gasteiger partial charge on any atom is 0.343 e. The van der Waals surface area contributed by atoms with Gasteiger partial charge in [0.15, 0.2) is 6.54 Å². The Bertz CT molecular complexity index is 1190. The van der Waals surface area contributed by atoms with Gasteiger partial charge in [-0.05, 0) is 25.0 Å². The van der Waals surface area contributed by atoms with Crippen LogP contribution in [0.1, 0.15) is 91.8 Å². The van der Waals surface area contributed by atoms with E-state index in [0.29, 0.717) is 4.48 Å². The fourth-order valence-electron chi connectivity index (χ4n) is 4.43. The fraction of sp³-hybridized carbons (Fsp3) is 0.533. The van der Waals surface area contributed by atoms with Crippen molar-refractivity contribution in [2.24, 2.45) is 0 Å². The third kappa shape index (κ3) is 12.1. The minimum Gasteiger partial charge on any atom is -0.415 e. The first-order valence-corrected chi connectivity index (χ1v) is 17.1. The molecule has 0 saturated carbocycles. The fourth-order valence-corrected chi connectivity index (χ4v) is 6.19. The van der Waals surface area contributed by atoms with E-state index in [2.05, 4.69) is 6.92 Å². The van der Waals surface area contributed by atoms with Crippen molar-refractivity contribution in [3.8, 4) is 0 Å². The van der Waals surface area contributed by atoms with Crippen LogP contribution in [0.5, 0.6) is 0 Å². The number of esters is 2. The molecule has 0 N–H and O–H groups in total. The first-order chi connectivity index (χ1) is 20.2. The summed E-state index contributed by atoms with van der Waals surface area (Å²) in [6.07, 6.45) is 10.7. The Morgan fingerprint density at radius 1 is 0.605 bits per heavy atom. The normalized spacial score (nSPS) is 11.7. The number of unbranched alkanes of at least 4 members (excludes halogenated alkanes) is 9. The smallest absolute Gasteiger partial charge is 0.343 e. The quantitative estimate of drug-likeness (QED) is 0.0403. The largest absolute Gasteiger partial charge is 0.415 e. The van der Waals surface area contributed by atoms with Gasteiger partial charge in [-0.25, -0.2) is 9.59 Å². The number of halogens is 8. The molecule has 240 valence electrons. The third-order valence-corrected chi connectivity index (χ3v) is 10.4. The second kappa shape index (κ2) is 18.7. The summed E-state index contributed by atoms with van der Waals surface area (Å²) in [4.78, 5) is 26.4. The first kappa shape index (κ1) is 38.8. The molecule has 2 rings (SSSR count). The van der Waals surface area contributed by atoms with Crippen LogP contribution < -0.4 is 0 Å². The molecule has 0 amide bonds. The van der Waals surface area contributed by atoms with Gasteiger partial charge < -0.3 is 14.0 Å².